The van der Waals surface area contributed by atoms with Gasteiger partial charge in [0.25, 0.3) is 0 Å². The highest BCUT2D eigenvalue weighted by Crippen LogP contribution is 2.30. The molecular formula is C43H83NO13. The molecule has 0 aromatic carbocycles. The van der Waals surface area contributed by atoms with Gasteiger partial charge in [-0.2, -0.15) is 0 Å². The SMILES string of the molecule is CCCCCCCCCCCCCCCCCC(=O)NC(COC1OC(CO)C(OC2OC(CO)C(O)C(O)C2O)C(O)C1O)C(O)CCCCCCCCCC. The van der Waals surface area contributed by atoms with Crippen molar-refractivity contribution in [2.75, 3.05) is 19.8 Å². The third kappa shape index (κ3) is 20.4. The molecule has 0 aromatic heterocycles. The normalized spacial score (nSPS) is 29.0. The second kappa shape index (κ2) is 31.8. The van der Waals surface area contributed by atoms with Crippen molar-refractivity contribution in [2.24, 2.45) is 0 Å². The minimum atomic E-state index is -1.78. The van der Waals surface area contributed by atoms with E-state index in [9.17, 15) is 45.6 Å². The number of unbranched alkanes of at least 4 members (excludes halogenated alkanes) is 21. The van der Waals surface area contributed by atoms with Crippen LogP contribution in [0.25, 0.3) is 0 Å². The average molecular weight is 822 g/mol. The van der Waals surface area contributed by atoms with E-state index >= 15 is 0 Å². The molecule has 14 heteroatoms. The zero-order chi connectivity index (χ0) is 41.8. The third-order valence-electron chi connectivity index (χ3n) is 11.6. The fraction of sp³-hybridized carbons (Fsp3) is 0.977. The lowest BCUT2D eigenvalue weighted by atomic mass is 9.97. The van der Waals surface area contributed by atoms with Crippen LogP contribution < -0.4 is 5.32 Å². The van der Waals surface area contributed by atoms with Crippen LogP contribution in [-0.4, -0.2) is 140 Å². The monoisotopic (exact) mass is 822 g/mol. The van der Waals surface area contributed by atoms with Gasteiger partial charge in [-0.15, -0.1) is 0 Å². The molecule has 0 spiro atoms. The molecule has 2 aliphatic rings. The highest BCUT2D eigenvalue weighted by Gasteiger charge is 2.51. The number of carbonyl (C=O) groups is 1. The van der Waals surface area contributed by atoms with Gasteiger partial charge >= 0.3 is 0 Å². The summed E-state index contributed by atoms with van der Waals surface area (Å²) in [7, 11) is 0. The molecule has 0 saturated carbocycles. The molecule has 2 aliphatic heterocycles. The molecule has 2 rings (SSSR count). The summed E-state index contributed by atoms with van der Waals surface area (Å²) in [6.45, 7) is 2.80. The minimum Gasteiger partial charge on any atom is -0.394 e. The van der Waals surface area contributed by atoms with E-state index in [1.54, 1.807) is 0 Å². The fourth-order valence-corrected chi connectivity index (χ4v) is 7.76. The number of carbonyl (C=O) groups excluding carboxylic acids is 1. The van der Waals surface area contributed by atoms with Gasteiger partial charge in [-0.3, -0.25) is 4.79 Å². The predicted octanol–water partition coefficient (Wildman–Crippen LogP) is 4.27. The Morgan fingerprint density at radius 2 is 1.00 bits per heavy atom. The van der Waals surface area contributed by atoms with Crippen LogP contribution in [0.2, 0.25) is 0 Å². The van der Waals surface area contributed by atoms with Crippen LogP contribution in [0, 0.1) is 0 Å². The maximum atomic E-state index is 13.1. The van der Waals surface area contributed by atoms with Crippen LogP contribution in [0.5, 0.6) is 0 Å². The van der Waals surface area contributed by atoms with Gasteiger partial charge in [-0.25, -0.2) is 0 Å². The van der Waals surface area contributed by atoms with Crippen molar-refractivity contribution < 1.29 is 64.6 Å². The molecule has 12 atom stereocenters. The van der Waals surface area contributed by atoms with Crippen LogP contribution in [0.3, 0.4) is 0 Å². The first-order chi connectivity index (χ1) is 27.6. The highest BCUT2D eigenvalue weighted by molar-refractivity contribution is 5.76. The Hall–Kier alpha value is -1.01. The first-order valence-electron chi connectivity index (χ1n) is 22.8. The first kappa shape index (κ1) is 52.1. The van der Waals surface area contributed by atoms with E-state index in [1.807, 2.05) is 0 Å². The molecule has 57 heavy (non-hydrogen) atoms. The van der Waals surface area contributed by atoms with Crippen LogP contribution in [0.15, 0.2) is 0 Å². The molecule has 2 saturated heterocycles. The maximum Gasteiger partial charge on any atom is 0.220 e. The average Bonchev–Trinajstić information content (AvgIpc) is 3.21. The zero-order valence-electron chi connectivity index (χ0n) is 35.3. The van der Waals surface area contributed by atoms with Crippen LogP contribution in [-0.2, 0) is 23.7 Å². The Morgan fingerprint density at radius 1 is 0.561 bits per heavy atom. The topological polar surface area (TPSA) is 228 Å². The van der Waals surface area contributed by atoms with E-state index < -0.39 is 86.8 Å². The molecule has 2 heterocycles. The van der Waals surface area contributed by atoms with Gasteiger partial charge in [-0.1, -0.05) is 155 Å². The molecule has 14 nitrogen and oxygen atoms in total. The Morgan fingerprint density at radius 3 is 1.49 bits per heavy atom. The van der Waals surface area contributed by atoms with Gasteiger partial charge in [0.1, 0.15) is 48.8 Å². The Kier molecular flexibility index (Phi) is 29.1. The zero-order valence-corrected chi connectivity index (χ0v) is 35.3. The summed E-state index contributed by atoms with van der Waals surface area (Å²) >= 11 is 0. The summed E-state index contributed by atoms with van der Waals surface area (Å²) in [4.78, 5) is 13.1. The smallest absolute Gasteiger partial charge is 0.220 e. The van der Waals surface area contributed by atoms with Crippen LogP contribution in [0.4, 0.5) is 0 Å². The molecule has 1 amide bonds. The lowest BCUT2D eigenvalue weighted by molar-refractivity contribution is -0.359. The summed E-state index contributed by atoms with van der Waals surface area (Å²) in [5, 5.41) is 86.4. The van der Waals surface area contributed by atoms with Crippen molar-refractivity contribution in [3.63, 3.8) is 0 Å². The predicted molar refractivity (Wildman–Crippen MR) is 217 cm³/mol. The number of nitrogens with one attached hydrogen (secondary N) is 1. The molecule has 0 radical (unpaired) electrons. The standard InChI is InChI=1S/C43H83NO13/c1-3-5-7-9-11-13-14-15-16-17-18-19-21-23-25-27-35(48)44-31(32(47)26-24-22-20-12-10-8-6-4-2)30-54-42-40(53)38(51)41(34(29-46)56-42)57-43-39(52)37(50)36(49)33(28-45)55-43/h31-34,36-43,45-47,49-53H,3-30H2,1-2H3,(H,44,48). The summed E-state index contributed by atoms with van der Waals surface area (Å²) in [6, 6.07) is -0.818. The van der Waals surface area contributed by atoms with Crippen molar-refractivity contribution in [2.45, 2.75) is 248 Å². The van der Waals surface area contributed by atoms with E-state index in [2.05, 4.69) is 19.2 Å². The van der Waals surface area contributed by atoms with Gasteiger partial charge in [0.2, 0.25) is 5.91 Å². The molecular weight excluding hydrogens is 738 g/mol. The van der Waals surface area contributed by atoms with Gasteiger partial charge in [0.15, 0.2) is 12.6 Å². The van der Waals surface area contributed by atoms with Crippen molar-refractivity contribution in [1.82, 2.24) is 5.32 Å². The number of rotatable bonds is 34. The van der Waals surface area contributed by atoms with E-state index in [4.69, 9.17) is 18.9 Å². The third-order valence-corrected chi connectivity index (χ3v) is 11.6. The van der Waals surface area contributed by atoms with Crippen molar-refractivity contribution >= 4 is 5.91 Å². The van der Waals surface area contributed by atoms with E-state index in [-0.39, 0.29) is 12.5 Å². The van der Waals surface area contributed by atoms with Gasteiger partial charge in [0, 0.05) is 6.42 Å². The second-order valence-corrected chi connectivity index (χ2v) is 16.5. The molecule has 9 N–H and O–H groups in total. The van der Waals surface area contributed by atoms with Crippen molar-refractivity contribution in [1.29, 1.82) is 0 Å². The maximum absolute atomic E-state index is 13.1. The van der Waals surface area contributed by atoms with Gasteiger partial charge < -0.3 is 65.1 Å². The number of aliphatic hydroxyl groups excluding tert-OH is 8. The van der Waals surface area contributed by atoms with Crippen molar-refractivity contribution in [3.05, 3.63) is 0 Å². The van der Waals surface area contributed by atoms with E-state index in [1.165, 1.54) is 96.3 Å². The van der Waals surface area contributed by atoms with Crippen molar-refractivity contribution in [3.8, 4) is 0 Å². The number of hydrogen-bond acceptors (Lipinski definition) is 13. The molecule has 338 valence electrons. The van der Waals surface area contributed by atoms with Gasteiger partial charge in [0.05, 0.1) is 32.0 Å². The molecule has 2 fully saturated rings. The lowest BCUT2D eigenvalue weighted by Crippen LogP contribution is -2.65. The van der Waals surface area contributed by atoms with Crippen LogP contribution in [0.1, 0.15) is 174 Å². The number of aliphatic hydroxyl groups is 8. The summed E-state index contributed by atoms with van der Waals surface area (Å²) < 4.78 is 22.6. The fourth-order valence-electron chi connectivity index (χ4n) is 7.76. The Balaban J connectivity index is 1.85. The minimum absolute atomic E-state index is 0.209. The molecule has 0 aromatic rings. The first-order valence-corrected chi connectivity index (χ1v) is 22.8. The largest absolute Gasteiger partial charge is 0.394 e. The summed E-state index contributed by atoms with van der Waals surface area (Å²) in [5.41, 5.74) is 0. The molecule has 0 bridgehead atoms. The summed E-state index contributed by atoms with van der Waals surface area (Å²) in [6.07, 6.45) is 11.3. The second-order valence-electron chi connectivity index (χ2n) is 16.5. The summed E-state index contributed by atoms with van der Waals surface area (Å²) in [5.74, 6) is -0.209. The van der Waals surface area contributed by atoms with E-state index in [0.717, 1.165) is 51.4 Å². The van der Waals surface area contributed by atoms with Gasteiger partial charge in [-0.05, 0) is 12.8 Å². The lowest BCUT2D eigenvalue weighted by Gasteiger charge is -2.46. The molecule has 0 aliphatic carbocycles. The number of ether oxygens (including phenoxy) is 4. The number of amides is 1. The van der Waals surface area contributed by atoms with E-state index in [0.29, 0.717) is 12.8 Å². The number of hydrogen-bond donors (Lipinski definition) is 9. The van der Waals surface area contributed by atoms with Crippen LogP contribution >= 0.6 is 0 Å². The molecule has 12 unspecified atom stereocenters. The Labute approximate surface area is 343 Å². The quantitative estimate of drug-likeness (QED) is 0.0414. The Bertz CT molecular complexity index is 977. The highest BCUT2D eigenvalue weighted by atomic mass is 16.7.